The Morgan fingerprint density at radius 2 is 1.67 bits per heavy atom. The van der Waals surface area contributed by atoms with Gasteiger partial charge in [-0.25, -0.2) is 9.97 Å². The van der Waals surface area contributed by atoms with Crippen molar-refractivity contribution in [1.29, 1.82) is 0 Å². The first-order valence-electron chi connectivity index (χ1n) is 7.46. The molecule has 1 aromatic heterocycles. The molecule has 0 aliphatic rings. The van der Waals surface area contributed by atoms with Crippen molar-refractivity contribution < 1.29 is 9.47 Å². The second-order valence-corrected chi connectivity index (χ2v) is 5.11. The number of rotatable bonds is 6. The van der Waals surface area contributed by atoms with Gasteiger partial charge in [-0.2, -0.15) is 0 Å². The molecule has 3 rings (SSSR count). The lowest BCUT2D eigenvalue weighted by Crippen LogP contribution is -2.07. The number of hydrogen-bond donors (Lipinski definition) is 1. The first-order chi connectivity index (χ1) is 11.3. The molecule has 0 unspecified atom stereocenters. The summed E-state index contributed by atoms with van der Waals surface area (Å²) in [5.41, 5.74) is 2.11. The molecular formula is C18H20ClN3O2. The monoisotopic (exact) mass is 345 g/mol. The van der Waals surface area contributed by atoms with Crippen LogP contribution in [0.1, 0.15) is 5.56 Å². The largest absolute Gasteiger partial charge is 0.493 e. The maximum absolute atomic E-state index is 5.36. The van der Waals surface area contributed by atoms with Gasteiger partial charge in [-0.1, -0.05) is 30.3 Å². The maximum Gasteiger partial charge on any atom is 0.162 e. The zero-order chi connectivity index (χ0) is 16.1. The number of nitrogens with one attached hydrogen (secondary N) is 1. The predicted octanol–water partition coefficient (Wildman–Crippen LogP) is 3.72. The molecule has 3 aromatic rings. The summed E-state index contributed by atoms with van der Waals surface area (Å²) in [4.78, 5) is 8.66. The summed E-state index contributed by atoms with van der Waals surface area (Å²) in [5.74, 6) is 2.13. The normalized spacial score (nSPS) is 10.1. The van der Waals surface area contributed by atoms with Gasteiger partial charge in [0.25, 0.3) is 0 Å². The molecule has 0 aliphatic carbocycles. The van der Waals surface area contributed by atoms with Crippen LogP contribution in [0.15, 0.2) is 48.8 Å². The Hall–Kier alpha value is -2.53. The number of nitrogens with zero attached hydrogens (tertiary/aromatic N) is 2. The Morgan fingerprint density at radius 3 is 2.38 bits per heavy atom. The molecule has 126 valence electrons. The zero-order valence-corrected chi connectivity index (χ0v) is 14.5. The van der Waals surface area contributed by atoms with Gasteiger partial charge in [-0.15, -0.1) is 12.4 Å². The molecule has 2 aromatic carbocycles. The summed E-state index contributed by atoms with van der Waals surface area (Å²) in [7, 11) is 3.24. The van der Waals surface area contributed by atoms with Crippen LogP contribution in [-0.2, 0) is 6.42 Å². The highest BCUT2D eigenvalue weighted by Crippen LogP contribution is 2.33. The van der Waals surface area contributed by atoms with Crippen molar-refractivity contribution in [1.82, 2.24) is 9.97 Å². The number of aromatic nitrogens is 2. The molecule has 0 atom stereocenters. The molecule has 0 bridgehead atoms. The van der Waals surface area contributed by atoms with Crippen molar-refractivity contribution >= 4 is 29.1 Å². The number of ether oxygens (including phenoxy) is 2. The molecule has 6 heteroatoms. The van der Waals surface area contributed by atoms with E-state index in [0.29, 0.717) is 11.5 Å². The van der Waals surface area contributed by atoms with Crippen LogP contribution in [0.3, 0.4) is 0 Å². The highest BCUT2D eigenvalue weighted by atomic mass is 35.5. The smallest absolute Gasteiger partial charge is 0.162 e. The number of methoxy groups -OCH3 is 2. The van der Waals surface area contributed by atoms with Crippen LogP contribution in [0.2, 0.25) is 0 Å². The molecule has 1 heterocycles. The van der Waals surface area contributed by atoms with Crippen LogP contribution in [0.5, 0.6) is 11.5 Å². The molecule has 24 heavy (non-hydrogen) atoms. The van der Waals surface area contributed by atoms with Crippen molar-refractivity contribution in [2.24, 2.45) is 0 Å². The van der Waals surface area contributed by atoms with E-state index in [1.54, 1.807) is 20.5 Å². The van der Waals surface area contributed by atoms with Crippen LogP contribution in [0.25, 0.3) is 10.9 Å². The molecule has 0 amide bonds. The summed E-state index contributed by atoms with van der Waals surface area (Å²) in [6.07, 6.45) is 2.48. The second kappa shape index (κ2) is 8.36. The summed E-state index contributed by atoms with van der Waals surface area (Å²) in [6, 6.07) is 14.1. The minimum Gasteiger partial charge on any atom is -0.493 e. The van der Waals surface area contributed by atoms with E-state index in [0.717, 1.165) is 29.7 Å². The summed E-state index contributed by atoms with van der Waals surface area (Å²) in [5, 5.41) is 4.29. The van der Waals surface area contributed by atoms with E-state index in [2.05, 4.69) is 27.4 Å². The Morgan fingerprint density at radius 1 is 0.958 bits per heavy atom. The van der Waals surface area contributed by atoms with Crippen LogP contribution in [0.4, 0.5) is 5.82 Å². The fourth-order valence-electron chi connectivity index (χ4n) is 2.49. The lowest BCUT2D eigenvalue weighted by molar-refractivity contribution is 0.356. The quantitative estimate of drug-likeness (QED) is 0.737. The molecule has 0 fully saturated rings. The lowest BCUT2D eigenvalue weighted by Gasteiger charge is -2.12. The fourth-order valence-corrected chi connectivity index (χ4v) is 2.49. The van der Waals surface area contributed by atoms with E-state index < -0.39 is 0 Å². The van der Waals surface area contributed by atoms with Crippen molar-refractivity contribution in [2.45, 2.75) is 6.42 Å². The van der Waals surface area contributed by atoms with Crippen molar-refractivity contribution in [3.63, 3.8) is 0 Å². The molecule has 1 N–H and O–H groups in total. The first kappa shape index (κ1) is 17.8. The third-order valence-corrected chi connectivity index (χ3v) is 3.69. The van der Waals surface area contributed by atoms with Crippen molar-refractivity contribution in [3.05, 3.63) is 54.4 Å². The van der Waals surface area contributed by atoms with Crippen molar-refractivity contribution in [3.8, 4) is 11.5 Å². The maximum atomic E-state index is 5.36. The average molecular weight is 346 g/mol. The van der Waals surface area contributed by atoms with Gasteiger partial charge in [-0.3, -0.25) is 0 Å². The Labute approximate surface area is 147 Å². The van der Waals surface area contributed by atoms with E-state index in [4.69, 9.17) is 9.47 Å². The molecule has 5 nitrogen and oxygen atoms in total. The Balaban J connectivity index is 0.00000208. The van der Waals surface area contributed by atoms with E-state index >= 15 is 0 Å². The van der Waals surface area contributed by atoms with Gasteiger partial charge in [0.1, 0.15) is 12.1 Å². The number of benzene rings is 2. The third kappa shape index (κ3) is 3.86. The Kier molecular flexibility index (Phi) is 6.21. The van der Waals surface area contributed by atoms with Gasteiger partial charge in [0.2, 0.25) is 0 Å². The number of halogens is 1. The highest BCUT2D eigenvalue weighted by Gasteiger charge is 2.10. The zero-order valence-electron chi connectivity index (χ0n) is 13.7. The van der Waals surface area contributed by atoms with Gasteiger partial charge < -0.3 is 14.8 Å². The SMILES string of the molecule is COc1cc2ncnc(NCCc3ccccc3)c2cc1OC.Cl. The fraction of sp³-hybridized carbons (Fsp3) is 0.222. The first-order valence-corrected chi connectivity index (χ1v) is 7.46. The molecule has 0 saturated heterocycles. The molecular weight excluding hydrogens is 326 g/mol. The second-order valence-electron chi connectivity index (χ2n) is 5.11. The van der Waals surface area contributed by atoms with E-state index in [1.807, 2.05) is 30.3 Å². The summed E-state index contributed by atoms with van der Waals surface area (Å²) < 4.78 is 10.7. The minimum atomic E-state index is 0. The van der Waals surface area contributed by atoms with Gasteiger partial charge in [-0.05, 0) is 18.1 Å². The van der Waals surface area contributed by atoms with Crippen LogP contribution in [-0.4, -0.2) is 30.7 Å². The average Bonchev–Trinajstić information content (AvgIpc) is 2.61. The molecule has 0 saturated carbocycles. The van der Waals surface area contributed by atoms with Crippen molar-refractivity contribution in [2.75, 3.05) is 26.1 Å². The molecule has 0 aliphatic heterocycles. The van der Waals surface area contributed by atoms with Gasteiger partial charge in [0, 0.05) is 18.0 Å². The lowest BCUT2D eigenvalue weighted by atomic mass is 10.1. The van der Waals surface area contributed by atoms with Crippen LogP contribution >= 0.6 is 12.4 Å². The van der Waals surface area contributed by atoms with Gasteiger partial charge >= 0.3 is 0 Å². The molecule has 0 radical (unpaired) electrons. The highest BCUT2D eigenvalue weighted by molar-refractivity contribution is 5.91. The predicted molar refractivity (Wildman–Crippen MR) is 98.5 cm³/mol. The van der Waals surface area contributed by atoms with E-state index in [1.165, 1.54) is 5.56 Å². The Bertz CT molecular complexity index is 797. The van der Waals surface area contributed by atoms with Gasteiger partial charge in [0.05, 0.1) is 19.7 Å². The third-order valence-electron chi connectivity index (χ3n) is 3.69. The minimum absolute atomic E-state index is 0. The number of fused-ring (bicyclic) bond motifs is 1. The summed E-state index contributed by atoms with van der Waals surface area (Å²) in [6.45, 7) is 0.796. The van der Waals surface area contributed by atoms with Crippen LogP contribution < -0.4 is 14.8 Å². The van der Waals surface area contributed by atoms with Gasteiger partial charge in [0.15, 0.2) is 11.5 Å². The standard InChI is InChI=1S/C18H19N3O2.ClH/c1-22-16-10-14-15(11-17(16)23-2)20-12-21-18(14)19-9-8-13-6-4-3-5-7-13;/h3-7,10-12H,8-9H2,1-2H3,(H,19,20,21);1H. The molecule has 0 spiro atoms. The number of hydrogen-bond acceptors (Lipinski definition) is 5. The summed E-state index contributed by atoms with van der Waals surface area (Å²) >= 11 is 0. The van der Waals surface area contributed by atoms with Crippen LogP contribution in [0, 0.1) is 0 Å². The van der Waals surface area contributed by atoms with E-state index in [-0.39, 0.29) is 12.4 Å². The number of anilines is 1. The van der Waals surface area contributed by atoms with E-state index in [9.17, 15) is 0 Å². The topological polar surface area (TPSA) is 56.3 Å².